The second-order valence-electron chi connectivity index (χ2n) is 3.88. The number of rotatable bonds is 1. The van der Waals surface area contributed by atoms with E-state index in [1.54, 1.807) is 0 Å². The number of fused-ring (bicyclic) bond motifs is 1. The Morgan fingerprint density at radius 1 is 1.21 bits per heavy atom. The Kier molecular flexibility index (Phi) is 2.24. The van der Waals surface area contributed by atoms with Gasteiger partial charge in [-0.05, 0) is 54.5 Å². The summed E-state index contributed by atoms with van der Waals surface area (Å²) in [6, 6.07) is 6.36. The van der Waals surface area contributed by atoms with Gasteiger partial charge in [-0.2, -0.15) is 0 Å². The third kappa shape index (κ3) is 1.29. The van der Waals surface area contributed by atoms with E-state index >= 15 is 0 Å². The average molecular weight is 186 g/mol. The molecule has 0 aromatic heterocycles. The lowest BCUT2D eigenvalue weighted by Crippen LogP contribution is -2.05. The molecule has 1 aromatic carbocycles. The molecule has 1 aliphatic carbocycles. The van der Waals surface area contributed by atoms with Gasteiger partial charge < -0.3 is 0 Å². The summed E-state index contributed by atoms with van der Waals surface area (Å²) < 4.78 is 0. The second kappa shape index (κ2) is 3.41. The van der Waals surface area contributed by atoms with E-state index in [0.29, 0.717) is 0 Å². The molecule has 14 heavy (non-hydrogen) atoms. The molecule has 0 unspecified atom stereocenters. The predicted molar refractivity (Wildman–Crippen MR) is 58.2 cm³/mol. The number of aldehydes is 1. The molecule has 0 bridgehead atoms. The monoisotopic (exact) mass is 186 g/mol. The summed E-state index contributed by atoms with van der Waals surface area (Å²) >= 11 is 0. The maximum absolute atomic E-state index is 10.8. The Morgan fingerprint density at radius 3 is 2.71 bits per heavy atom. The van der Waals surface area contributed by atoms with Gasteiger partial charge in [0, 0.05) is 0 Å². The molecule has 0 heterocycles. The summed E-state index contributed by atoms with van der Waals surface area (Å²) in [7, 11) is 0. The van der Waals surface area contributed by atoms with Gasteiger partial charge in [-0.1, -0.05) is 18.2 Å². The quantitative estimate of drug-likeness (QED) is 0.616. The van der Waals surface area contributed by atoms with Crippen molar-refractivity contribution in [2.45, 2.75) is 26.7 Å². The number of hydrogen-bond acceptors (Lipinski definition) is 1. The summed E-state index contributed by atoms with van der Waals surface area (Å²) in [4.78, 5) is 10.8. The molecule has 0 spiro atoms. The lowest BCUT2D eigenvalue weighted by molar-refractivity contribution is -0.105. The van der Waals surface area contributed by atoms with E-state index in [0.717, 1.165) is 24.7 Å². The van der Waals surface area contributed by atoms with Crippen molar-refractivity contribution < 1.29 is 4.79 Å². The van der Waals surface area contributed by atoms with Crippen molar-refractivity contribution in [1.29, 1.82) is 0 Å². The third-order valence-electron chi connectivity index (χ3n) is 3.02. The molecule has 1 heteroatoms. The van der Waals surface area contributed by atoms with Gasteiger partial charge in [-0.3, -0.25) is 4.79 Å². The molecule has 0 amide bonds. The Balaban J connectivity index is 2.66. The van der Waals surface area contributed by atoms with Crippen LogP contribution in [0.1, 0.15) is 30.0 Å². The first-order chi connectivity index (χ1) is 6.74. The van der Waals surface area contributed by atoms with Crippen LogP contribution in [0.15, 0.2) is 23.8 Å². The van der Waals surface area contributed by atoms with Crippen LogP contribution in [-0.2, 0) is 11.2 Å². The first-order valence-corrected chi connectivity index (χ1v) is 4.98. The zero-order valence-corrected chi connectivity index (χ0v) is 8.63. The summed E-state index contributed by atoms with van der Waals surface area (Å²) in [6.45, 7) is 4.16. The van der Waals surface area contributed by atoms with Crippen LogP contribution in [-0.4, -0.2) is 6.29 Å². The normalized spacial score (nSPS) is 15.3. The van der Waals surface area contributed by atoms with Crippen molar-refractivity contribution in [2.24, 2.45) is 0 Å². The lowest BCUT2D eigenvalue weighted by atomic mass is 9.84. The highest BCUT2D eigenvalue weighted by Gasteiger charge is 2.16. The van der Waals surface area contributed by atoms with E-state index in [-0.39, 0.29) is 0 Å². The largest absolute Gasteiger partial charge is 0.298 e. The minimum Gasteiger partial charge on any atom is -0.298 e. The topological polar surface area (TPSA) is 17.1 Å². The summed E-state index contributed by atoms with van der Waals surface area (Å²) in [5.74, 6) is 0. The van der Waals surface area contributed by atoms with Crippen LogP contribution in [0.5, 0.6) is 0 Å². The fraction of sp³-hybridized carbons (Fsp3) is 0.308. The van der Waals surface area contributed by atoms with E-state index in [9.17, 15) is 4.79 Å². The van der Waals surface area contributed by atoms with Crippen LogP contribution in [0.25, 0.3) is 5.57 Å². The number of carbonyl (C=O) groups is 1. The molecule has 0 N–H and O–H groups in total. The lowest BCUT2D eigenvalue weighted by Gasteiger charge is -2.20. The number of carbonyl (C=O) groups excluding carboxylic acids is 1. The van der Waals surface area contributed by atoms with E-state index < -0.39 is 0 Å². The molecular weight excluding hydrogens is 172 g/mol. The minimum atomic E-state index is 0.895. The van der Waals surface area contributed by atoms with Gasteiger partial charge in [0.1, 0.15) is 6.29 Å². The van der Waals surface area contributed by atoms with Crippen LogP contribution < -0.4 is 0 Å². The Bertz CT molecular complexity index is 413. The second-order valence-corrected chi connectivity index (χ2v) is 3.88. The smallest absolute Gasteiger partial charge is 0.146 e. The number of aryl methyl sites for hydroxylation is 2. The highest BCUT2D eigenvalue weighted by molar-refractivity contribution is 5.90. The molecular formula is C13H14O. The standard InChI is InChI=1S/C13H14O/c1-9-4-3-5-11-6-7-12(8-14)10(2)13(9)11/h3-5,8H,6-7H2,1-2H3. The Labute approximate surface area is 84.5 Å². The van der Waals surface area contributed by atoms with Crippen molar-refractivity contribution in [3.05, 3.63) is 40.5 Å². The van der Waals surface area contributed by atoms with Crippen LogP contribution >= 0.6 is 0 Å². The van der Waals surface area contributed by atoms with Crippen LogP contribution in [0.2, 0.25) is 0 Å². The van der Waals surface area contributed by atoms with Gasteiger partial charge in [-0.25, -0.2) is 0 Å². The van der Waals surface area contributed by atoms with Crippen molar-refractivity contribution in [3.63, 3.8) is 0 Å². The Hall–Kier alpha value is -1.37. The zero-order valence-electron chi connectivity index (χ0n) is 8.63. The summed E-state index contributed by atoms with van der Waals surface area (Å²) in [5, 5.41) is 0. The molecule has 0 saturated carbocycles. The van der Waals surface area contributed by atoms with Crippen molar-refractivity contribution >= 4 is 11.9 Å². The fourth-order valence-corrected chi connectivity index (χ4v) is 2.24. The van der Waals surface area contributed by atoms with Gasteiger partial charge in [0.15, 0.2) is 0 Å². The predicted octanol–water partition coefficient (Wildman–Crippen LogP) is 2.91. The molecule has 1 aliphatic rings. The van der Waals surface area contributed by atoms with Gasteiger partial charge in [0.05, 0.1) is 0 Å². The zero-order chi connectivity index (χ0) is 10.1. The average Bonchev–Trinajstić information content (AvgIpc) is 2.18. The highest BCUT2D eigenvalue weighted by atomic mass is 16.1. The van der Waals surface area contributed by atoms with Crippen molar-refractivity contribution in [3.8, 4) is 0 Å². The molecule has 72 valence electrons. The molecule has 0 aliphatic heterocycles. The van der Waals surface area contributed by atoms with E-state index in [1.807, 2.05) is 0 Å². The maximum atomic E-state index is 10.8. The number of allylic oxidation sites excluding steroid dienone is 2. The van der Waals surface area contributed by atoms with Crippen LogP contribution in [0.3, 0.4) is 0 Å². The molecule has 2 rings (SSSR count). The SMILES string of the molecule is CC1=C(C=O)CCc2cccc(C)c21. The van der Waals surface area contributed by atoms with Crippen LogP contribution in [0.4, 0.5) is 0 Å². The maximum Gasteiger partial charge on any atom is 0.146 e. The highest BCUT2D eigenvalue weighted by Crippen LogP contribution is 2.32. The summed E-state index contributed by atoms with van der Waals surface area (Å²) in [5.41, 5.74) is 6.08. The number of hydrogen-bond donors (Lipinski definition) is 0. The van der Waals surface area contributed by atoms with E-state index in [1.165, 1.54) is 22.3 Å². The van der Waals surface area contributed by atoms with Gasteiger partial charge in [0.25, 0.3) is 0 Å². The van der Waals surface area contributed by atoms with Gasteiger partial charge in [0.2, 0.25) is 0 Å². The first-order valence-electron chi connectivity index (χ1n) is 4.98. The van der Waals surface area contributed by atoms with Gasteiger partial charge >= 0.3 is 0 Å². The minimum absolute atomic E-state index is 0.895. The van der Waals surface area contributed by atoms with E-state index in [2.05, 4.69) is 32.0 Å². The van der Waals surface area contributed by atoms with Crippen molar-refractivity contribution in [1.82, 2.24) is 0 Å². The van der Waals surface area contributed by atoms with E-state index in [4.69, 9.17) is 0 Å². The molecule has 0 fully saturated rings. The fourth-order valence-electron chi connectivity index (χ4n) is 2.24. The van der Waals surface area contributed by atoms with Gasteiger partial charge in [-0.15, -0.1) is 0 Å². The van der Waals surface area contributed by atoms with Crippen LogP contribution in [0, 0.1) is 6.92 Å². The first kappa shape index (κ1) is 9.20. The number of benzene rings is 1. The molecule has 0 saturated heterocycles. The molecule has 0 radical (unpaired) electrons. The molecule has 0 atom stereocenters. The third-order valence-corrected chi connectivity index (χ3v) is 3.02. The molecule has 1 aromatic rings. The summed E-state index contributed by atoms with van der Waals surface area (Å²) in [6.07, 6.45) is 2.90. The Morgan fingerprint density at radius 2 is 2.00 bits per heavy atom. The molecule has 1 nitrogen and oxygen atoms in total. The van der Waals surface area contributed by atoms with Crippen molar-refractivity contribution in [2.75, 3.05) is 0 Å².